The molecular weight excluding hydrogens is 391 g/mol. The van der Waals surface area contributed by atoms with Crippen LogP contribution in [0.1, 0.15) is 20.8 Å². The van der Waals surface area contributed by atoms with Crippen molar-refractivity contribution in [1.29, 1.82) is 0 Å². The van der Waals surface area contributed by atoms with Crippen molar-refractivity contribution in [2.45, 2.75) is 25.7 Å². The molecule has 9 heteroatoms. The van der Waals surface area contributed by atoms with Crippen LogP contribution in [-0.4, -0.2) is 28.1 Å². The molecule has 0 bridgehead atoms. The number of fused-ring (bicyclic) bond motifs is 1. The SMILES string of the molecule is CC.COc1ccc2c(F)nn(C)c2c1NSc1ccc(N=C/C(C)=C\N)nc1. The lowest BCUT2D eigenvalue weighted by Gasteiger charge is -2.12. The number of ether oxygens (including phenoxy) is 1. The quantitative estimate of drug-likeness (QED) is 0.442. The molecule has 0 atom stereocenters. The van der Waals surface area contributed by atoms with Crippen LogP contribution >= 0.6 is 11.9 Å². The molecule has 0 radical (unpaired) electrons. The lowest BCUT2D eigenvalue weighted by molar-refractivity contribution is 0.417. The third kappa shape index (κ3) is 5.26. The van der Waals surface area contributed by atoms with Crippen LogP contribution in [-0.2, 0) is 7.05 Å². The van der Waals surface area contributed by atoms with E-state index in [0.29, 0.717) is 28.2 Å². The van der Waals surface area contributed by atoms with Crippen LogP contribution in [0, 0.1) is 5.95 Å². The maximum absolute atomic E-state index is 13.9. The number of nitrogens with zero attached hydrogens (tertiary/aromatic N) is 4. The maximum Gasteiger partial charge on any atom is 0.240 e. The second-order valence-corrected chi connectivity index (χ2v) is 6.56. The van der Waals surface area contributed by atoms with Crippen LogP contribution in [0.5, 0.6) is 5.75 Å². The lowest BCUT2D eigenvalue weighted by atomic mass is 10.2. The number of aromatic nitrogens is 3. The van der Waals surface area contributed by atoms with Gasteiger partial charge in [0.2, 0.25) is 5.95 Å². The number of pyridine rings is 1. The minimum Gasteiger partial charge on any atom is -0.494 e. The van der Waals surface area contributed by atoms with Crippen LogP contribution in [0.2, 0.25) is 0 Å². The number of anilines is 1. The monoisotopic (exact) mass is 416 g/mol. The van der Waals surface area contributed by atoms with Gasteiger partial charge in [0.05, 0.1) is 18.0 Å². The molecule has 0 fully saturated rings. The van der Waals surface area contributed by atoms with Gasteiger partial charge in [-0.15, -0.1) is 5.10 Å². The summed E-state index contributed by atoms with van der Waals surface area (Å²) in [5.41, 5.74) is 7.52. The summed E-state index contributed by atoms with van der Waals surface area (Å²) in [6, 6.07) is 7.04. The number of benzene rings is 1. The molecular formula is C20H25FN6OS. The van der Waals surface area contributed by atoms with Crippen molar-refractivity contribution in [3.63, 3.8) is 0 Å². The molecule has 0 aliphatic carbocycles. The van der Waals surface area contributed by atoms with Gasteiger partial charge in [-0.3, -0.25) is 4.68 Å². The number of allylic oxidation sites excluding steroid dienone is 1. The molecule has 0 aliphatic heterocycles. The first kappa shape index (κ1) is 22.2. The van der Waals surface area contributed by atoms with E-state index < -0.39 is 5.95 Å². The van der Waals surface area contributed by atoms with E-state index in [9.17, 15) is 4.39 Å². The summed E-state index contributed by atoms with van der Waals surface area (Å²) >= 11 is 1.33. The van der Waals surface area contributed by atoms with Crippen molar-refractivity contribution in [3.8, 4) is 5.75 Å². The molecule has 3 N–H and O–H groups in total. The van der Waals surface area contributed by atoms with Gasteiger partial charge in [0.25, 0.3) is 0 Å². The zero-order valence-corrected chi connectivity index (χ0v) is 17.9. The number of hydrogen-bond acceptors (Lipinski definition) is 7. The van der Waals surface area contributed by atoms with Crippen molar-refractivity contribution in [2.24, 2.45) is 17.8 Å². The van der Waals surface area contributed by atoms with Gasteiger partial charge in [-0.25, -0.2) is 9.98 Å². The van der Waals surface area contributed by atoms with E-state index in [4.69, 9.17) is 10.5 Å². The number of halogens is 1. The summed E-state index contributed by atoms with van der Waals surface area (Å²) < 4.78 is 24.0. The van der Waals surface area contributed by atoms with E-state index in [1.54, 1.807) is 44.8 Å². The molecule has 0 saturated heterocycles. The van der Waals surface area contributed by atoms with Crippen LogP contribution in [0.3, 0.4) is 0 Å². The van der Waals surface area contributed by atoms with Crippen molar-refractivity contribution < 1.29 is 9.13 Å². The van der Waals surface area contributed by atoms with Crippen molar-refractivity contribution >= 4 is 40.6 Å². The molecule has 7 nitrogen and oxygen atoms in total. The zero-order valence-electron chi connectivity index (χ0n) is 17.1. The minimum absolute atomic E-state index is 0.424. The molecule has 154 valence electrons. The Bertz CT molecular complexity index is 1010. The average Bonchev–Trinajstić information content (AvgIpc) is 3.06. The largest absolute Gasteiger partial charge is 0.494 e. The Morgan fingerprint density at radius 3 is 2.69 bits per heavy atom. The summed E-state index contributed by atoms with van der Waals surface area (Å²) in [6.45, 7) is 5.85. The molecule has 0 aliphatic rings. The highest BCUT2D eigenvalue weighted by molar-refractivity contribution is 8.00. The van der Waals surface area contributed by atoms with Crippen LogP contribution in [0.25, 0.3) is 10.9 Å². The second kappa shape index (κ2) is 10.5. The maximum atomic E-state index is 13.9. The number of aryl methyl sites for hydroxylation is 1. The van der Waals surface area contributed by atoms with E-state index in [0.717, 1.165) is 10.5 Å². The summed E-state index contributed by atoms with van der Waals surface area (Å²) in [4.78, 5) is 9.38. The van der Waals surface area contributed by atoms with E-state index in [-0.39, 0.29) is 0 Å². The molecule has 3 rings (SSSR count). The molecule has 0 spiro atoms. The highest BCUT2D eigenvalue weighted by Gasteiger charge is 2.16. The molecule has 29 heavy (non-hydrogen) atoms. The third-order valence-electron chi connectivity index (χ3n) is 3.80. The lowest BCUT2D eigenvalue weighted by Crippen LogP contribution is -1.98. The fraction of sp³-hybridized carbons (Fsp3) is 0.250. The Hall–Kier alpha value is -3.07. The molecule has 3 aromatic rings. The van der Waals surface area contributed by atoms with Gasteiger partial charge < -0.3 is 15.2 Å². The summed E-state index contributed by atoms with van der Waals surface area (Å²) in [5, 5.41) is 4.26. The predicted octanol–water partition coefficient (Wildman–Crippen LogP) is 4.83. The summed E-state index contributed by atoms with van der Waals surface area (Å²) in [5.74, 6) is 0.652. The molecule has 2 heterocycles. The normalized spacial score (nSPS) is 11.4. The average molecular weight is 417 g/mol. The number of hydrogen-bond donors (Lipinski definition) is 2. The van der Waals surface area contributed by atoms with Gasteiger partial charge in [-0.05, 0) is 54.9 Å². The van der Waals surface area contributed by atoms with Crippen molar-refractivity contribution in [2.75, 3.05) is 11.8 Å². The van der Waals surface area contributed by atoms with Crippen LogP contribution in [0.4, 0.5) is 15.9 Å². The van der Waals surface area contributed by atoms with Gasteiger partial charge in [0, 0.05) is 24.4 Å². The van der Waals surface area contributed by atoms with Crippen LogP contribution in [0.15, 0.2) is 52.1 Å². The molecule has 0 amide bonds. The van der Waals surface area contributed by atoms with E-state index in [1.807, 2.05) is 26.8 Å². The predicted molar refractivity (Wildman–Crippen MR) is 118 cm³/mol. The molecule has 0 saturated carbocycles. The van der Waals surface area contributed by atoms with Crippen molar-refractivity contribution in [3.05, 3.63) is 48.2 Å². The summed E-state index contributed by atoms with van der Waals surface area (Å²) in [7, 11) is 3.25. The Morgan fingerprint density at radius 1 is 1.31 bits per heavy atom. The Labute approximate surface area is 174 Å². The third-order valence-corrected chi connectivity index (χ3v) is 4.58. The van der Waals surface area contributed by atoms with Crippen molar-refractivity contribution in [1.82, 2.24) is 14.8 Å². The van der Waals surface area contributed by atoms with Gasteiger partial charge in [0.15, 0.2) is 5.82 Å². The first-order valence-corrected chi connectivity index (χ1v) is 9.85. The first-order chi connectivity index (χ1) is 14.0. The number of methoxy groups -OCH3 is 1. The number of rotatable bonds is 6. The fourth-order valence-corrected chi connectivity index (χ4v) is 3.07. The number of nitrogens with one attached hydrogen (secondary N) is 1. The fourth-order valence-electron chi connectivity index (χ4n) is 2.41. The van der Waals surface area contributed by atoms with Gasteiger partial charge in [0.1, 0.15) is 11.4 Å². The minimum atomic E-state index is -0.520. The van der Waals surface area contributed by atoms with E-state index in [1.165, 1.54) is 22.8 Å². The Kier molecular flexibility index (Phi) is 8.02. The topological polar surface area (TPSA) is 90.3 Å². The summed E-state index contributed by atoms with van der Waals surface area (Å²) in [6.07, 6.45) is 4.82. The van der Waals surface area contributed by atoms with Gasteiger partial charge in [-0.2, -0.15) is 4.39 Å². The van der Waals surface area contributed by atoms with E-state index in [2.05, 4.69) is 19.8 Å². The van der Waals surface area contributed by atoms with Gasteiger partial charge in [-0.1, -0.05) is 13.8 Å². The second-order valence-electron chi connectivity index (χ2n) is 5.68. The van der Waals surface area contributed by atoms with Gasteiger partial charge >= 0.3 is 0 Å². The Balaban J connectivity index is 0.00000145. The Morgan fingerprint density at radius 2 is 2.07 bits per heavy atom. The number of nitrogens with two attached hydrogens (primary N) is 1. The highest BCUT2D eigenvalue weighted by atomic mass is 32.2. The van der Waals surface area contributed by atoms with Crippen LogP contribution < -0.4 is 15.2 Å². The molecule has 0 unspecified atom stereocenters. The highest BCUT2D eigenvalue weighted by Crippen LogP contribution is 2.37. The molecule has 1 aromatic carbocycles. The smallest absolute Gasteiger partial charge is 0.240 e. The number of aliphatic imine (C=N–C) groups is 1. The van der Waals surface area contributed by atoms with E-state index >= 15 is 0 Å². The molecule has 2 aromatic heterocycles. The first-order valence-electron chi connectivity index (χ1n) is 9.04. The zero-order chi connectivity index (χ0) is 21.4. The standard InChI is InChI=1S/C18H19FN6OS.C2H6/c1-11(8-20)9-21-15-7-4-12(10-22-15)27-24-16-14(26-3)6-5-13-17(16)25(2)23-18(13)19;1-2/h4-10,24H,20H2,1-3H3;1-2H3/b11-8-,21-9?;.